The second-order valence-corrected chi connectivity index (χ2v) is 7.18. The van der Waals surface area contributed by atoms with Crippen LogP contribution in [0.5, 0.6) is 0 Å². The number of benzene rings is 1. The second kappa shape index (κ2) is 7.11. The Kier molecular flexibility index (Phi) is 4.27. The minimum Gasteiger partial charge on any atom is -0.368 e. The molecule has 1 aromatic carbocycles. The summed E-state index contributed by atoms with van der Waals surface area (Å²) < 4.78 is 5.49. The molecule has 3 heterocycles. The predicted octanol–water partition coefficient (Wildman–Crippen LogP) is 3.37. The van der Waals surface area contributed by atoms with Gasteiger partial charge in [0.15, 0.2) is 11.6 Å². The van der Waals surface area contributed by atoms with Crippen molar-refractivity contribution in [3.63, 3.8) is 0 Å². The highest BCUT2D eigenvalue weighted by atomic mass is 16.5. The van der Waals surface area contributed by atoms with E-state index in [1.807, 2.05) is 0 Å². The van der Waals surface area contributed by atoms with Crippen molar-refractivity contribution >= 4 is 18.5 Å². The lowest BCUT2D eigenvalue weighted by Crippen LogP contribution is -2.36. The number of aliphatic imine (C=N–C) groups is 1. The van der Waals surface area contributed by atoms with Gasteiger partial charge in [-0.3, -0.25) is 0 Å². The van der Waals surface area contributed by atoms with Crippen molar-refractivity contribution in [2.45, 2.75) is 24.7 Å². The molecule has 4 aromatic rings. The fraction of sp³-hybridized carbons (Fsp3) is 0.190. The van der Waals surface area contributed by atoms with Gasteiger partial charge in [-0.1, -0.05) is 35.8 Å². The lowest BCUT2D eigenvalue weighted by Gasteiger charge is -2.39. The summed E-state index contributed by atoms with van der Waals surface area (Å²) in [4.78, 5) is 24.9. The highest BCUT2D eigenvalue weighted by molar-refractivity contribution is 5.63. The van der Waals surface area contributed by atoms with E-state index in [4.69, 9.17) is 10.3 Å². The van der Waals surface area contributed by atoms with E-state index in [0.29, 0.717) is 23.2 Å². The van der Waals surface area contributed by atoms with E-state index in [1.165, 1.54) is 6.20 Å². The molecule has 1 saturated carbocycles. The third-order valence-corrected chi connectivity index (χ3v) is 5.52. The molecule has 30 heavy (non-hydrogen) atoms. The summed E-state index contributed by atoms with van der Waals surface area (Å²) in [7, 11) is 0. The van der Waals surface area contributed by atoms with Gasteiger partial charge in [0.05, 0.1) is 17.8 Å². The third kappa shape index (κ3) is 3.00. The number of hydrogen-bond donors (Lipinski definition) is 1. The molecule has 0 amide bonds. The number of aromatic nitrogens is 6. The number of anilines is 1. The molecule has 148 valence electrons. The highest BCUT2D eigenvalue weighted by Gasteiger charge is 2.44. The second-order valence-electron chi connectivity index (χ2n) is 7.18. The summed E-state index contributed by atoms with van der Waals surface area (Å²) in [5.41, 5.74) is 8.91. The molecule has 5 rings (SSSR count). The Hall–Kier alpha value is -4.01. The number of nitrogen functional groups attached to an aromatic ring is 1. The molecular weight excluding hydrogens is 380 g/mol. The van der Waals surface area contributed by atoms with Crippen molar-refractivity contribution in [3.8, 4) is 22.7 Å². The van der Waals surface area contributed by atoms with E-state index in [9.17, 15) is 0 Å². The van der Waals surface area contributed by atoms with Crippen molar-refractivity contribution in [1.82, 2.24) is 30.1 Å². The van der Waals surface area contributed by atoms with Gasteiger partial charge in [0.25, 0.3) is 5.89 Å². The van der Waals surface area contributed by atoms with Crippen LogP contribution in [0.4, 0.5) is 11.8 Å². The van der Waals surface area contributed by atoms with E-state index >= 15 is 0 Å². The molecule has 1 fully saturated rings. The molecule has 2 N–H and O–H groups in total. The lowest BCUT2D eigenvalue weighted by molar-refractivity contribution is 0.273. The van der Waals surface area contributed by atoms with Crippen LogP contribution in [0.15, 0.2) is 58.6 Å². The maximum Gasteiger partial charge on any atom is 0.278 e. The van der Waals surface area contributed by atoms with Crippen molar-refractivity contribution in [2.24, 2.45) is 4.99 Å². The monoisotopic (exact) mass is 398 g/mol. The van der Waals surface area contributed by atoms with Gasteiger partial charge in [0, 0.05) is 18.0 Å². The number of nitrogens with two attached hydrogens (primary N) is 1. The Balaban J connectivity index is 1.45. The van der Waals surface area contributed by atoms with Crippen LogP contribution in [0.2, 0.25) is 0 Å². The first kappa shape index (κ1) is 18.0. The molecule has 0 atom stereocenters. The molecule has 0 spiro atoms. The van der Waals surface area contributed by atoms with E-state index < -0.39 is 0 Å². The normalized spacial score (nSPS) is 14.8. The molecule has 0 unspecified atom stereocenters. The first-order valence-electron chi connectivity index (χ1n) is 9.50. The fourth-order valence-electron chi connectivity index (χ4n) is 3.68. The van der Waals surface area contributed by atoms with Crippen LogP contribution in [0, 0.1) is 0 Å². The van der Waals surface area contributed by atoms with Gasteiger partial charge in [-0.05, 0) is 30.7 Å². The maximum atomic E-state index is 5.57. The van der Waals surface area contributed by atoms with Crippen molar-refractivity contribution in [3.05, 3.63) is 60.4 Å². The topological polar surface area (TPSA) is 129 Å². The van der Waals surface area contributed by atoms with E-state index in [-0.39, 0.29) is 11.4 Å². The van der Waals surface area contributed by atoms with Crippen molar-refractivity contribution in [1.29, 1.82) is 0 Å². The summed E-state index contributed by atoms with van der Waals surface area (Å²) in [6, 6.07) is 8.31. The van der Waals surface area contributed by atoms with E-state index in [2.05, 4.69) is 66.1 Å². The minimum absolute atomic E-state index is 0.256. The van der Waals surface area contributed by atoms with Gasteiger partial charge in [0.2, 0.25) is 5.95 Å². The number of rotatable bonds is 5. The molecule has 9 nitrogen and oxygen atoms in total. The Morgan fingerprint density at radius 3 is 2.30 bits per heavy atom. The smallest absolute Gasteiger partial charge is 0.278 e. The van der Waals surface area contributed by atoms with Gasteiger partial charge in [-0.2, -0.15) is 4.98 Å². The Morgan fingerprint density at radius 2 is 1.70 bits per heavy atom. The van der Waals surface area contributed by atoms with Crippen LogP contribution < -0.4 is 5.73 Å². The Labute approximate surface area is 172 Å². The molecule has 0 radical (unpaired) electrons. The van der Waals surface area contributed by atoms with Gasteiger partial charge < -0.3 is 10.3 Å². The third-order valence-electron chi connectivity index (χ3n) is 5.52. The predicted molar refractivity (Wildman–Crippen MR) is 111 cm³/mol. The number of hydrogen-bond acceptors (Lipinski definition) is 9. The summed E-state index contributed by atoms with van der Waals surface area (Å²) in [6.45, 7) is 3.43. The maximum absolute atomic E-state index is 5.57. The van der Waals surface area contributed by atoms with Gasteiger partial charge in [-0.25, -0.2) is 24.9 Å². The van der Waals surface area contributed by atoms with Crippen LogP contribution >= 0.6 is 0 Å². The quantitative estimate of drug-likeness (QED) is 0.507. The molecule has 0 aliphatic heterocycles. The Bertz CT molecular complexity index is 1180. The molecule has 9 heteroatoms. The van der Waals surface area contributed by atoms with Crippen LogP contribution in [0.3, 0.4) is 0 Å². The van der Waals surface area contributed by atoms with Crippen molar-refractivity contribution in [2.75, 3.05) is 5.73 Å². The zero-order valence-electron chi connectivity index (χ0n) is 16.1. The molecule has 0 saturated heterocycles. The minimum atomic E-state index is -0.256. The van der Waals surface area contributed by atoms with Gasteiger partial charge in [-0.15, -0.1) is 0 Å². The van der Waals surface area contributed by atoms with Crippen molar-refractivity contribution < 1.29 is 4.52 Å². The summed E-state index contributed by atoms with van der Waals surface area (Å²) in [5.74, 6) is 1.72. The summed E-state index contributed by atoms with van der Waals surface area (Å²) >= 11 is 0. The summed E-state index contributed by atoms with van der Waals surface area (Å²) in [6.07, 6.45) is 9.54. The van der Waals surface area contributed by atoms with Crippen LogP contribution in [-0.4, -0.2) is 36.8 Å². The van der Waals surface area contributed by atoms with Gasteiger partial charge >= 0.3 is 0 Å². The standard InChI is InChI=1S/C21H18N8O/c1-23-17-12-24-16(11-25-17)18-28-19(29-30-18)21(7-2-8-21)15-5-3-13(4-6-15)14-9-26-20(22)27-10-14/h3-6,9-12H,1-2,7-8H2,(H2,22,26,27). The van der Waals surface area contributed by atoms with Crippen LogP contribution in [0.25, 0.3) is 22.7 Å². The zero-order valence-corrected chi connectivity index (χ0v) is 16.1. The highest BCUT2D eigenvalue weighted by Crippen LogP contribution is 2.48. The van der Waals surface area contributed by atoms with Crippen LogP contribution in [-0.2, 0) is 5.41 Å². The fourth-order valence-corrected chi connectivity index (χ4v) is 3.68. The molecule has 3 aromatic heterocycles. The molecule has 1 aliphatic rings. The van der Waals surface area contributed by atoms with E-state index in [1.54, 1.807) is 18.6 Å². The first-order chi connectivity index (χ1) is 14.7. The SMILES string of the molecule is C=Nc1cnc(-c2nc(C3(c4ccc(-c5cnc(N)nc5)cc4)CCC3)no2)cn1. The average Bonchev–Trinajstić information content (AvgIpc) is 3.24. The summed E-state index contributed by atoms with van der Waals surface area (Å²) in [5, 5.41) is 4.27. The molecule has 1 aliphatic carbocycles. The van der Waals surface area contributed by atoms with Crippen LogP contribution in [0.1, 0.15) is 30.7 Å². The average molecular weight is 398 g/mol. The van der Waals surface area contributed by atoms with E-state index in [0.717, 1.165) is 36.0 Å². The zero-order chi connectivity index (χ0) is 20.6. The Morgan fingerprint density at radius 1 is 0.933 bits per heavy atom. The first-order valence-corrected chi connectivity index (χ1v) is 9.50. The van der Waals surface area contributed by atoms with Gasteiger partial charge in [0.1, 0.15) is 5.69 Å². The lowest BCUT2D eigenvalue weighted by atomic mass is 9.64. The largest absolute Gasteiger partial charge is 0.368 e. The number of nitrogens with zero attached hydrogens (tertiary/aromatic N) is 7. The molecule has 0 bridgehead atoms. The molecular formula is C21H18N8O.